The molecule has 43 heavy (non-hydrogen) atoms. The summed E-state index contributed by atoms with van der Waals surface area (Å²) in [5, 5.41) is 14.6. The molecular formula is C31H35FN8O3. The van der Waals surface area contributed by atoms with Crippen molar-refractivity contribution in [2.24, 2.45) is 0 Å². The van der Waals surface area contributed by atoms with Gasteiger partial charge in [-0.3, -0.25) is 9.80 Å². The van der Waals surface area contributed by atoms with Gasteiger partial charge in [-0.15, -0.1) is 0 Å². The smallest absolute Gasteiger partial charge is 0.407 e. The van der Waals surface area contributed by atoms with E-state index < -0.39 is 18.3 Å². The minimum atomic E-state index is -1.11. The lowest BCUT2D eigenvalue weighted by atomic mass is 9.95. The van der Waals surface area contributed by atoms with Crippen LogP contribution in [0.4, 0.5) is 15.0 Å². The Balaban J connectivity index is 1.04. The third kappa shape index (κ3) is 5.36. The van der Waals surface area contributed by atoms with Crippen LogP contribution in [-0.2, 0) is 0 Å². The van der Waals surface area contributed by atoms with Crippen molar-refractivity contribution in [3.63, 3.8) is 0 Å². The molecule has 224 valence electrons. The topological polar surface area (TPSA) is 126 Å². The van der Waals surface area contributed by atoms with Crippen molar-refractivity contribution in [3.8, 4) is 22.8 Å². The van der Waals surface area contributed by atoms with Crippen LogP contribution in [0.25, 0.3) is 22.3 Å². The third-order valence-electron chi connectivity index (χ3n) is 9.14. The fourth-order valence-corrected chi connectivity index (χ4v) is 6.72. The highest BCUT2D eigenvalue weighted by Gasteiger charge is 2.40. The van der Waals surface area contributed by atoms with Crippen molar-refractivity contribution in [2.45, 2.75) is 43.6 Å². The van der Waals surface area contributed by atoms with E-state index in [1.807, 2.05) is 54.6 Å². The molecule has 0 unspecified atom stereocenters. The average molecular weight is 587 g/mol. The Kier molecular flexibility index (Phi) is 7.31. The van der Waals surface area contributed by atoms with Crippen LogP contribution in [0.1, 0.15) is 25.3 Å². The summed E-state index contributed by atoms with van der Waals surface area (Å²) in [7, 11) is 0. The van der Waals surface area contributed by atoms with Crippen molar-refractivity contribution in [1.82, 2.24) is 34.4 Å². The number of piperidine rings is 2. The van der Waals surface area contributed by atoms with Gasteiger partial charge in [-0.05, 0) is 55.7 Å². The van der Waals surface area contributed by atoms with E-state index >= 15 is 4.39 Å². The Bertz CT molecular complexity index is 1590. The molecule has 0 saturated carbocycles. The Labute approximate surface area is 248 Å². The molecule has 1 amide bonds. The zero-order valence-corrected chi connectivity index (χ0v) is 23.8. The number of alkyl halides is 1. The zero-order valence-electron chi connectivity index (χ0n) is 23.8. The van der Waals surface area contributed by atoms with Crippen LogP contribution >= 0.6 is 0 Å². The first kappa shape index (κ1) is 27.5. The average Bonchev–Trinajstić information content (AvgIpc) is 3.38. The Morgan fingerprint density at radius 2 is 1.58 bits per heavy atom. The van der Waals surface area contributed by atoms with E-state index in [1.165, 1.54) is 11.2 Å². The molecule has 2 atom stereocenters. The fraction of sp³-hybridized carbons (Fsp3) is 0.419. The Morgan fingerprint density at radius 1 is 0.884 bits per heavy atom. The molecule has 3 N–H and O–H groups in total. The van der Waals surface area contributed by atoms with E-state index in [-0.39, 0.29) is 0 Å². The van der Waals surface area contributed by atoms with Crippen LogP contribution < -0.4 is 10.5 Å². The van der Waals surface area contributed by atoms with Crippen LogP contribution in [0.15, 0.2) is 60.9 Å². The molecule has 3 saturated heterocycles. The predicted octanol–water partition coefficient (Wildman–Crippen LogP) is 4.28. The quantitative estimate of drug-likeness (QED) is 0.341. The first-order valence-corrected chi connectivity index (χ1v) is 14.9. The number of hydrogen-bond acceptors (Lipinski definition) is 8. The number of benzene rings is 2. The number of nitrogens with two attached hydrogens (primary N) is 1. The van der Waals surface area contributed by atoms with Crippen LogP contribution in [-0.4, -0.2) is 103 Å². The lowest BCUT2D eigenvalue weighted by Gasteiger charge is -2.48. The highest BCUT2D eigenvalue weighted by Crippen LogP contribution is 2.37. The summed E-state index contributed by atoms with van der Waals surface area (Å²) >= 11 is 0. The van der Waals surface area contributed by atoms with E-state index in [0.717, 1.165) is 43.8 Å². The summed E-state index contributed by atoms with van der Waals surface area (Å²) in [4.78, 5) is 25.9. The first-order chi connectivity index (χ1) is 20.9. The molecule has 11 nitrogen and oxygen atoms in total. The van der Waals surface area contributed by atoms with Gasteiger partial charge in [-0.1, -0.05) is 18.2 Å². The third-order valence-corrected chi connectivity index (χ3v) is 9.14. The number of amides is 1. The lowest BCUT2D eigenvalue weighted by molar-refractivity contribution is -0.00507. The normalized spacial score (nSPS) is 22.5. The first-order valence-electron chi connectivity index (χ1n) is 14.9. The highest BCUT2D eigenvalue weighted by molar-refractivity contribution is 5.98. The summed E-state index contributed by atoms with van der Waals surface area (Å²) in [6.45, 7) is 4.11. The van der Waals surface area contributed by atoms with Crippen molar-refractivity contribution < 1.29 is 19.0 Å². The second kappa shape index (κ2) is 11.4. The van der Waals surface area contributed by atoms with Gasteiger partial charge in [0.05, 0.1) is 11.4 Å². The van der Waals surface area contributed by atoms with E-state index in [4.69, 9.17) is 20.7 Å². The molecular weight excluding hydrogens is 551 g/mol. The van der Waals surface area contributed by atoms with Crippen LogP contribution in [0.5, 0.6) is 11.5 Å². The molecule has 2 aromatic heterocycles. The molecule has 12 heteroatoms. The minimum Gasteiger partial charge on any atom is -0.465 e. The van der Waals surface area contributed by atoms with Gasteiger partial charge in [0.25, 0.3) is 0 Å². The van der Waals surface area contributed by atoms with Crippen molar-refractivity contribution in [2.75, 3.05) is 45.0 Å². The monoisotopic (exact) mass is 586 g/mol. The maximum atomic E-state index is 16.0. The van der Waals surface area contributed by atoms with Crippen LogP contribution in [0.2, 0.25) is 0 Å². The predicted molar refractivity (Wildman–Crippen MR) is 160 cm³/mol. The standard InChI is InChI=1S/C31H35FN8O3/c32-25-18-38(21-10-13-37(14-11-21)22-16-39(17-22)31(41)42)15-12-26(25)40-30-27(29(33)34-19-35-30)28(36-40)20-6-8-24(9-7-20)43-23-4-2-1-3-5-23/h1-9,19,21-22,25-26H,10-18H2,(H,41,42)(H2,33,34,35)/t25-,26-/m0/s1. The Morgan fingerprint density at radius 3 is 2.28 bits per heavy atom. The molecule has 0 spiro atoms. The molecule has 4 aromatic rings. The summed E-state index contributed by atoms with van der Waals surface area (Å²) in [5.41, 5.74) is 8.31. The van der Waals surface area contributed by atoms with Gasteiger partial charge in [0.2, 0.25) is 0 Å². The maximum Gasteiger partial charge on any atom is 0.407 e. The number of fused-ring (bicyclic) bond motifs is 1. The molecule has 5 heterocycles. The van der Waals surface area contributed by atoms with Crippen LogP contribution in [0.3, 0.4) is 0 Å². The maximum absolute atomic E-state index is 16.0. The summed E-state index contributed by atoms with van der Waals surface area (Å²) in [6, 6.07) is 17.3. The van der Waals surface area contributed by atoms with E-state index in [2.05, 4.69) is 19.8 Å². The molecule has 2 aromatic carbocycles. The molecule has 7 rings (SSSR count). The largest absolute Gasteiger partial charge is 0.465 e. The SMILES string of the molecule is Nc1ncnc2c1c(-c1ccc(Oc3ccccc3)cc1)nn2[C@H]1CCN(C2CCN(C3CN(C(=O)O)C3)CC2)C[C@@H]1F. The molecule has 0 bridgehead atoms. The number of para-hydroxylation sites is 1. The second-order valence-electron chi connectivity index (χ2n) is 11.7. The molecule has 3 fully saturated rings. The Hall–Kier alpha value is -4.29. The number of carbonyl (C=O) groups is 1. The number of nitrogen functional groups attached to an aromatic ring is 1. The minimum absolute atomic E-state index is 0.306. The van der Waals surface area contributed by atoms with Crippen molar-refractivity contribution >= 4 is 22.9 Å². The van der Waals surface area contributed by atoms with Gasteiger partial charge in [-0.2, -0.15) is 5.10 Å². The number of likely N-dealkylation sites (tertiary alicyclic amines) is 3. The van der Waals surface area contributed by atoms with Crippen molar-refractivity contribution in [3.05, 3.63) is 60.9 Å². The van der Waals surface area contributed by atoms with Crippen LogP contribution in [0, 0.1) is 0 Å². The van der Waals surface area contributed by atoms with E-state index in [0.29, 0.717) is 66.4 Å². The van der Waals surface area contributed by atoms with Gasteiger partial charge in [0, 0.05) is 56.9 Å². The molecule has 3 aliphatic heterocycles. The molecule has 0 radical (unpaired) electrons. The summed E-state index contributed by atoms with van der Waals surface area (Å²) in [5.74, 6) is 1.76. The fourth-order valence-electron chi connectivity index (χ4n) is 6.72. The van der Waals surface area contributed by atoms with Gasteiger partial charge >= 0.3 is 6.09 Å². The highest BCUT2D eigenvalue weighted by atomic mass is 19.1. The number of rotatable bonds is 6. The zero-order chi connectivity index (χ0) is 29.5. The van der Waals surface area contributed by atoms with Crippen molar-refractivity contribution in [1.29, 1.82) is 0 Å². The molecule has 3 aliphatic rings. The van der Waals surface area contributed by atoms with Gasteiger partial charge < -0.3 is 20.5 Å². The molecule has 0 aliphatic carbocycles. The number of aromatic nitrogens is 4. The summed E-state index contributed by atoms with van der Waals surface area (Å²) in [6.07, 6.45) is 1.98. The van der Waals surface area contributed by atoms with Gasteiger partial charge in [-0.25, -0.2) is 23.8 Å². The van der Waals surface area contributed by atoms with Gasteiger partial charge in [0.15, 0.2) is 5.65 Å². The number of anilines is 1. The van der Waals surface area contributed by atoms with E-state index in [1.54, 1.807) is 4.68 Å². The van der Waals surface area contributed by atoms with Gasteiger partial charge in [0.1, 0.15) is 35.5 Å². The van der Waals surface area contributed by atoms with E-state index in [9.17, 15) is 4.79 Å². The number of nitrogens with zero attached hydrogens (tertiary/aromatic N) is 7. The lowest BCUT2D eigenvalue weighted by Crippen LogP contribution is -2.63. The second-order valence-corrected chi connectivity index (χ2v) is 11.7. The number of hydrogen-bond donors (Lipinski definition) is 2. The number of halogens is 1. The number of carboxylic acid groups (broad SMARTS) is 1. The summed E-state index contributed by atoms with van der Waals surface area (Å²) < 4.78 is 23.6. The number of ether oxygens (including phenoxy) is 1.